The van der Waals surface area contributed by atoms with Gasteiger partial charge in [0, 0.05) is 18.1 Å². The fourth-order valence-corrected chi connectivity index (χ4v) is 2.73. The van der Waals surface area contributed by atoms with E-state index in [2.05, 4.69) is 24.5 Å². The van der Waals surface area contributed by atoms with Gasteiger partial charge in [-0.25, -0.2) is 0 Å². The van der Waals surface area contributed by atoms with Gasteiger partial charge in [0.05, 0.1) is 0 Å². The Hall–Kier alpha value is -0.0800. The minimum absolute atomic E-state index is 0.637. The lowest BCUT2D eigenvalue weighted by Crippen LogP contribution is -2.53. The molecule has 2 aliphatic rings. The van der Waals surface area contributed by atoms with Gasteiger partial charge in [-0.05, 0) is 31.7 Å². The van der Waals surface area contributed by atoms with Crippen molar-refractivity contribution in [3.63, 3.8) is 0 Å². The summed E-state index contributed by atoms with van der Waals surface area (Å²) >= 11 is 0. The molecule has 2 unspecified atom stereocenters. The number of hydrogen-bond donors (Lipinski definition) is 2. The summed E-state index contributed by atoms with van der Waals surface area (Å²) in [6.07, 6.45) is 4.19. The summed E-state index contributed by atoms with van der Waals surface area (Å²) in [5.74, 6) is 0.957. The number of piperidine rings is 1. The van der Waals surface area contributed by atoms with E-state index < -0.39 is 0 Å². The van der Waals surface area contributed by atoms with E-state index in [1.54, 1.807) is 0 Å². The molecule has 2 bridgehead atoms. The lowest BCUT2D eigenvalue weighted by atomic mass is 9.94. The molecule has 2 fully saturated rings. The van der Waals surface area contributed by atoms with Crippen molar-refractivity contribution in [2.24, 2.45) is 5.92 Å². The highest BCUT2D eigenvalue weighted by atomic mass is 15.1. The molecule has 2 N–H and O–H groups in total. The predicted molar refractivity (Wildman–Crippen MR) is 51.2 cm³/mol. The van der Waals surface area contributed by atoms with Gasteiger partial charge in [0.2, 0.25) is 0 Å². The number of fused-ring (bicyclic) bond motifs is 2. The van der Waals surface area contributed by atoms with E-state index in [1.807, 2.05) is 0 Å². The van der Waals surface area contributed by atoms with Gasteiger partial charge in [0.25, 0.3) is 0 Å². The molecule has 70 valence electrons. The first-order valence-electron chi connectivity index (χ1n) is 5.27. The summed E-state index contributed by atoms with van der Waals surface area (Å²) in [6.45, 7) is 5.73. The Morgan fingerprint density at radius 3 is 2.75 bits per heavy atom. The highest BCUT2D eigenvalue weighted by Crippen LogP contribution is 2.32. The van der Waals surface area contributed by atoms with Crippen LogP contribution in [0.25, 0.3) is 0 Å². The second-order valence-corrected chi connectivity index (χ2v) is 4.53. The maximum atomic E-state index is 3.68. The largest absolute Gasteiger partial charge is 0.312 e. The van der Waals surface area contributed by atoms with Crippen molar-refractivity contribution in [2.75, 3.05) is 6.54 Å². The predicted octanol–water partition coefficient (Wildman–Crippen LogP) is 1.12. The molecule has 0 radical (unpaired) electrons. The lowest BCUT2D eigenvalue weighted by Gasteiger charge is -2.33. The SMILES string of the molecule is CC(C)N[C@@H]1C2CCNC1CC2. The van der Waals surface area contributed by atoms with Crippen LogP contribution in [0.2, 0.25) is 0 Å². The van der Waals surface area contributed by atoms with Crippen molar-refractivity contribution in [1.29, 1.82) is 0 Å². The van der Waals surface area contributed by atoms with Crippen LogP contribution in [0.5, 0.6) is 0 Å². The van der Waals surface area contributed by atoms with Crippen LogP contribution in [0.1, 0.15) is 33.1 Å². The molecule has 1 aliphatic heterocycles. The van der Waals surface area contributed by atoms with E-state index in [0.717, 1.165) is 18.0 Å². The van der Waals surface area contributed by atoms with Gasteiger partial charge in [-0.2, -0.15) is 0 Å². The summed E-state index contributed by atoms with van der Waals surface area (Å²) in [5.41, 5.74) is 0. The molecule has 1 heterocycles. The van der Waals surface area contributed by atoms with Crippen molar-refractivity contribution >= 4 is 0 Å². The highest BCUT2D eigenvalue weighted by molar-refractivity contribution is 4.98. The zero-order valence-corrected chi connectivity index (χ0v) is 8.14. The Morgan fingerprint density at radius 1 is 1.25 bits per heavy atom. The fraction of sp³-hybridized carbons (Fsp3) is 1.00. The Labute approximate surface area is 75.1 Å². The maximum absolute atomic E-state index is 3.68. The van der Waals surface area contributed by atoms with Crippen LogP contribution in [0.3, 0.4) is 0 Å². The van der Waals surface area contributed by atoms with Gasteiger partial charge in [-0.15, -0.1) is 0 Å². The van der Waals surface area contributed by atoms with Crippen molar-refractivity contribution in [1.82, 2.24) is 10.6 Å². The third kappa shape index (κ3) is 1.50. The minimum Gasteiger partial charge on any atom is -0.312 e. The van der Waals surface area contributed by atoms with Gasteiger partial charge in [0.1, 0.15) is 0 Å². The normalized spacial score (nSPS) is 40.8. The van der Waals surface area contributed by atoms with Gasteiger partial charge in [-0.3, -0.25) is 0 Å². The van der Waals surface area contributed by atoms with E-state index in [-0.39, 0.29) is 0 Å². The number of hydrogen-bond acceptors (Lipinski definition) is 2. The molecule has 0 aromatic carbocycles. The van der Waals surface area contributed by atoms with E-state index in [0.29, 0.717) is 6.04 Å². The third-order valence-electron chi connectivity index (χ3n) is 3.24. The second-order valence-electron chi connectivity index (χ2n) is 4.53. The summed E-state index contributed by atoms with van der Waals surface area (Å²) in [6, 6.07) is 2.17. The fourth-order valence-electron chi connectivity index (χ4n) is 2.73. The molecule has 0 aromatic rings. The van der Waals surface area contributed by atoms with Crippen molar-refractivity contribution in [3.8, 4) is 0 Å². The van der Waals surface area contributed by atoms with Crippen LogP contribution in [0.4, 0.5) is 0 Å². The smallest absolute Gasteiger partial charge is 0.0252 e. The third-order valence-corrected chi connectivity index (χ3v) is 3.24. The van der Waals surface area contributed by atoms with Crippen molar-refractivity contribution in [2.45, 2.75) is 51.2 Å². The molecular weight excluding hydrogens is 148 g/mol. The lowest BCUT2D eigenvalue weighted by molar-refractivity contribution is 0.271. The molecule has 2 nitrogen and oxygen atoms in total. The molecule has 2 rings (SSSR count). The molecule has 0 aromatic heterocycles. The van der Waals surface area contributed by atoms with Crippen molar-refractivity contribution < 1.29 is 0 Å². The Bertz CT molecular complexity index is 140. The average molecular weight is 168 g/mol. The molecule has 0 spiro atoms. The molecule has 12 heavy (non-hydrogen) atoms. The average Bonchev–Trinajstić information content (AvgIpc) is 2.30. The molecule has 3 atom stereocenters. The van der Waals surface area contributed by atoms with Gasteiger partial charge >= 0.3 is 0 Å². The van der Waals surface area contributed by atoms with E-state index in [4.69, 9.17) is 0 Å². The summed E-state index contributed by atoms with van der Waals surface area (Å²) in [7, 11) is 0. The van der Waals surface area contributed by atoms with E-state index in [1.165, 1.54) is 25.8 Å². The zero-order chi connectivity index (χ0) is 8.55. The first-order valence-corrected chi connectivity index (χ1v) is 5.27. The zero-order valence-electron chi connectivity index (χ0n) is 8.14. The maximum Gasteiger partial charge on any atom is 0.0252 e. The molecular formula is C10H20N2. The number of rotatable bonds is 2. The monoisotopic (exact) mass is 168 g/mol. The standard InChI is InChI=1S/C10H20N2/c1-7(2)12-10-8-3-4-9(10)11-6-5-8/h7-12H,3-6H2,1-2H3/t8?,9?,10-/m1/s1. The van der Waals surface area contributed by atoms with Crippen LogP contribution in [-0.4, -0.2) is 24.7 Å². The van der Waals surface area contributed by atoms with Gasteiger partial charge in [-0.1, -0.05) is 13.8 Å². The van der Waals surface area contributed by atoms with Crippen LogP contribution in [-0.2, 0) is 0 Å². The first kappa shape index (κ1) is 8.52. The molecule has 0 amide bonds. The first-order chi connectivity index (χ1) is 5.77. The molecule has 2 heteroatoms. The minimum atomic E-state index is 0.637. The Balaban J connectivity index is 1.96. The second kappa shape index (κ2) is 3.35. The van der Waals surface area contributed by atoms with Crippen LogP contribution in [0, 0.1) is 5.92 Å². The molecule has 1 saturated carbocycles. The van der Waals surface area contributed by atoms with Gasteiger partial charge in [0.15, 0.2) is 0 Å². The Morgan fingerprint density at radius 2 is 2.08 bits per heavy atom. The van der Waals surface area contributed by atoms with Crippen LogP contribution < -0.4 is 10.6 Å². The summed E-state index contributed by atoms with van der Waals surface area (Å²) in [5, 5.41) is 7.28. The summed E-state index contributed by atoms with van der Waals surface area (Å²) in [4.78, 5) is 0. The van der Waals surface area contributed by atoms with E-state index >= 15 is 0 Å². The molecule has 1 aliphatic carbocycles. The van der Waals surface area contributed by atoms with Crippen LogP contribution >= 0.6 is 0 Å². The quantitative estimate of drug-likeness (QED) is 0.646. The van der Waals surface area contributed by atoms with Crippen molar-refractivity contribution in [3.05, 3.63) is 0 Å². The Kier molecular flexibility index (Phi) is 2.37. The number of nitrogens with one attached hydrogen (secondary N) is 2. The highest BCUT2D eigenvalue weighted by Gasteiger charge is 2.38. The van der Waals surface area contributed by atoms with E-state index in [9.17, 15) is 0 Å². The van der Waals surface area contributed by atoms with Gasteiger partial charge < -0.3 is 10.6 Å². The molecule has 1 saturated heterocycles. The topological polar surface area (TPSA) is 24.1 Å². The van der Waals surface area contributed by atoms with Crippen LogP contribution in [0.15, 0.2) is 0 Å². The summed E-state index contributed by atoms with van der Waals surface area (Å²) < 4.78 is 0.